The second-order valence-electron chi connectivity index (χ2n) is 6.45. The summed E-state index contributed by atoms with van der Waals surface area (Å²) in [4.78, 5) is 21.3. The van der Waals surface area contributed by atoms with Gasteiger partial charge >= 0.3 is 0 Å². The van der Waals surface area contributed by atoms with Crippen molar-refractivity contribution in [2.75, 3.05) is 6.54 Å². The topological polar surface area (TPSA) is 104 Å². The number of benzene rings is 1. The van der Waals surface area contributed by atoms with Crippen molar-refractivity contribution < 1.29 is 9.90 Å². The first kappa shape index (κ1) is 18.0. The number of rotatable bonds is 5. The Morgan fingerprint density at radius 2 is 1.96 bits per heavy atom. The highest BCUT2D eigenvalue weighted by Crippen LogP contribution is 2.23. The number of aromatic nitrogens is 4. The average Bonchev–Trinajstić information content (AvgIpc) is 3.14. The molecule has 0 radical (unpaired) electrons. The minimum Gasteiger partial charge on any atom is -0.389 e. The van der Waals surface area contributed by atoms with E-state index < -0.39 is 11.5 Å². The first-order valence-electron chi connectivity index (χ1n) is 7.96. The van der Waals surface area contributed by atoms with Crippen LogP contribution in [0.5, 0.6) is 0 Å². The molecule has 1 aromatic carbocycles. The largest absolute Gasteiger partial charge is 0.389 e. The Morgan fingerprint density at radius 3 is 2.58 bits per heavy atom. The van der Waals surface area contributed by atoms with E-state index in [0.717, 1.165) is 5.56 Å². The summed E-state index contributed by atoms with van der Waals surface area (Å²) in [5.41, 5.74) is 1.23. The zero-order valence-corrected chi connectivity index (χ0v) is 15.1. The van der Waals surface area contributed by atoms with E-state index in [2.05, 4.69) is 25.5 Å². The summed E-state index contributed by atoms with van der Waals surface area (Å²) >= 11 is 5.94. The lowest BCUT2D eigenvalue weighted by molar-refractivity contribution is 0.0692. The summed E-state index contributed by atoms with van der Waals surface area (Å²) in [6, 6.07) is 8.76. The third-order valence-corrected chi connectivity index (χ3v) is 3.79. The molecule has 1 amide bonds. The van der Waals surface area contributed by atoms with Gasteiger partial charge in [-0.05, 0) is 32.0 Å². The van der Waals surface area contributed by atoms with Crippen LogP contribution in [0, 0.1) is 0 Å². The van der Waals surface area contributed by atoms with Gasteiger partial charge in [0, 0.05) is 23.3 Å². The quantitative estimate of drug-likeness (QED) is 0.639. The van der Waals surface area contributed by atoms with Crippen LogP contribution in [0.4, 0.5) is 0 Å². The Kier molecular flexibility index (Phi) is 5.01. The lowest BCUT2D eigenvalue weighted by atomic mass is 10.1. The number of hydrogen-bond acceptors (Lipinski definition) is 5. The highest BCUT2D eigenvalue weighted by Gasteiger charge is 2.18. The van der Waals surface area contributed by atoms with E-state index in [1.807, 2.05) is 12.1 Å². The van der Waals surface area contributed by atoms with Gasteiger partial charge in [-0.1, -0.05) is 23.7 Å². The molecule has 134 valence electrons. The van der Waals surface area contributed by atoms with Gasteiger partial charge in [0.15, 0.2) is 5.82 Å². The molecule has 3 N–H and O–H groups in total. The number of aromatic amines is 1. The van der Waals surface area contributed by atoms with Crippen LogP contribution in [0.1, 0.15) is 24.3 Å². The molecule has 0 aliphatic heterocycles. The third kappa shape index (κ3) is 4.44. The summed E-state index contributed by atoms with van der Waals surface area (Å²) in [5.74, 6) is -0.0194. The van der Waals surface area contributed by atoms with Crippen molar-refractivity contribution in [1.29, 1.82) is 0 Å². The van der Waals surface area contributed by atoms with Gasteiger partial charge in [0.1, 0.15) is 5.69 Å². The summed E-state index contributed by atoms with van der Waals surface area (Å²) < 4.78 is 0. The van der Waals surface area contributed by atoms with Gasteiger partial charge in [-0.25, -0.2) is 9.97 Å². The maximum Gasteiger partial charge on any atom is 0.270 e. The van der Waals surface area contributed by atoms with Crippen molar-refractivity contribution in [3.63, 3.8) is 0 Å². The summed E-state index contributed by atoms with van der Waals surface area (Å²) in [6.07, 6.45) is 3.24. The van der Waals surface area contributed by atoms with Crippen molar-refractivity contribution in [2.45, 2.75) is 19.4 Å². The Hall–Kier alpha value is -2.77. The lowest BCUT2D eigenvalue weighted by Crippen LogP contribution is -2.38. The first-order valence-corrected chi connectivity index (χ1v) is 8.34. The Morgan fingerprint density at radius 1 is 1.23 bits per heavy atom. The van der Waals surface area contributed by atoms with Crippen LogP contribution in [0.2, 0.25) is 5.02 Å². The molecule has 0 bridgehead atoms. The molecule has 0 aliphatic rings. The Bertz CT molecular complexity index is 902. The monoisotopic (exact) mass is 371 g/mol. The molecule has 0 spiro atoms. The minimum absolute atomic E-state index is 0.104. The van der Waals surface area contributed by atoms with E-state index in [0.29, 0.717) is 22.1 Å². The van der Waals surface area contributed by atoms with Gasteiger partial charge in [-0.3, -0.25) is 9.89 Å². The number of aliphatic hydroxyl groups is 1. The number of H-pyrrole nitrogens is 1. The number of nitrogens with zero attached hydrogens (tertiary/aromatic N) is 3. The van der Waals surface area contributed by atoms with Crippen LogP contribution in [0.25, 0.3) is 22.6 Å². The molecule has 0 unspecified atom stereocenters. The molecule has 3 rings (SSSR count). The van der Waals surface area contributed by atoms with Gasteiger partial charge in [0.25, 0.3) is 5.91 Å². The molecule has 2 aromatic heterocycles. The third-order valence-electron chi connectivity index (χ3n) is 3.54. The van der Waals surface area contributed by atoms with Crippen molar-refractivity contribution in [3.05, 3.63) is 53.4 Å². The normalized spacial score (nSPS) is 11.4. The Labute approximate surface area is 155 Å². The average molecular weight is 372 g/mol. The summed E-state index contributed by atoms with van der Waals surface area (Å²) in [5, 5.41) is 19.7. The minimum atomic E-state index is -1.02. The molecule has 0 atom stereocenters. The standard InChI is InChI=1S/C18H18ClN5O2/c1-18(2,26)10-20-17(25)15-7-14(11-3-5-13(19)6-4-11)23-16(24-15)12-8-21-22-9-12/h3-9,26H,10H2,1-2H3,(H,20,25)(H,21,22). The van der Waals surface area contributed by atoms with Crippen LogP contribution in [-0.2, 0) is 0 Å². The number of carbonyl (C=O) groups excluding carboxylic acids is 1. The predicted molar refractivity (Wildman–Crippen MR) is 98.7 cm³/mol. The zero-order valence-electron chi connectivity index (χ0n) is 14.3. The molecule has 8 heteroatoms. The second-order valence-corrected chi connectivity index (χ2v) is 6.89. The smallest absolute Gasteiger partial charge is 0.270 e. The molecule has 0 saturated heterocycles. The molecule has 0 saturated carbocycles. The zero-order chi connectivity index (χ0) is 18.7. The van der Waals surface area contributed by atoms with E-state index in [-0.39, 0.29) is 12.2 Å². The molecule has 26 heavy (non-hydrogen) atoms. The van der Waals surface area contributed by atoms with Gasteiger partial charge in [-0.15, -0.1) is 0 Å². The highest BCUT2D eigenvalue weighted by molar-refractivity contribution is 6.30. The van der Waals surface area contributed by atoms with Gasteiger partial charge < -0.3 is 10.4 Å². The van der Waals surface area contributed by atoms with Crippen LogP contribution in [-0.4, -0.2) is 43.3 Å². The van der Waals surface area contributed by atoms with Crippen LogP contribution in [0.3, 0.4) is 0 Å². The number of nitrogens with one attached hydrogen (secondary N) is 2. The maximum absolute atomic E-state index is 12.5. The number of carbonyl (C=O) groups is 1. The molecule has 7 nitrogen and oxygen atoms in total. The SMILES string of the molecule is CC(C)(O)CNC(=O)c1cc(-c2ccc(Cl)cc2)nc(-c2cn[nH]c2)n1. The van der Waals surface area contributed by atoms with E-state index in [9.17, 15) is 9.90 Å². The van der Waals surface area contributed by atoms with E-state index in [1.165, 1.54) is 0 Å². The van der Waals surface area contributed by atoms with Crippen molar-refractivity contribution in [1.82, 2.24) is 25.5 Å². The molecule has 0 aliphatic carbocycles. The van der Waals surface area contributed by atoms with Gasteiger partial charge in [-0.2, -0.15) is 5.10 Å². The number of amides is 1. The second kappa shape index (κ2) is 7.23. The van der Waals surface area contributed by atoms with Crippen molar-refractivity contribution in [2.24, 2.45) is 0 Å². The van der Waals surface area contributed by atoms with Crippen molar-refractivity contribution in [3.8, 4) is 22.6 Å². The first-order chi connectivity index (χ1) is 12.3. The van der Waals surface area contributed by atoms with Crippen LogP contribution < -0.4 is 5.32 Å². The van der Waals surface area contributed by atoms with E-state index in [4.69, 9.17) is 11.6 Å². The fourth-order valence-corrected chi connectivity index (χ4v) is 2.35. The summed E-state index contributed by atoms with van der Waals surface area (Å²) in [7, 11) is 0. The molecular weight excluding hydrogens is 354 g/mol. The fourth-order valence-electron chi connectivity index (χ4n) is 2.22. The number of hydrogen-bond donors (Lipinski definition) is 3. The van der Waals surface area contributed by atoms with Crippen molar-refractivity contribution >= 4 is 17.5 Å². The highest BCUT2D eigenvalue weighted by atomic mass is 35.5. The maximum atomic E-state index is 12.5. The van der Waals surface area contributed by atoms with Gasteiger partial charge in [0.2, 0.25) is 0 Å². The fraction of sp³-hybridized carbons (Fsp3) is 0.222. The summed E-state index contributed by atoms with van der Waals surface area (Å²) in [6.45, 7) is 3.33. The predicted octanol–water partition coefficient (Wildman–Crippen LogP) is 2.69. The van der Waals surface area contributed by atoms with Crippen LogP contribution in [0.15, 0.2) is 42.7 Å². The molecule has 2 heterocycles. The molecular formula is C18H18ClN5O2. The van der Waals surface area contributed by atoms with E-state index in [1.54, 1.807) is 44.4 Å². The lowest BCUT2D eigenvalue weighted by Gasteiger charge is -2.17. The molecule has 3 aromatic rings. The number of halogens is 1. The van der Waals surface area contributed by atoms with E-state index >= 15 is 0 Å². The Balaban J connectivity index is 2.00. The van der Waals surface area contributed by atoms with Gasteiger partial charge in [0.05, 0.1) is 23.1 Å². The molecule has 0 fully saturated rings. The van der Waals surface area contributed by atoms with Crippen LogP contribution >= 0.6 is 11.6 Å².